The van der Waals surface area contributed by atoms with Gasteiger partial charge < -0.3 is 25.6 Å². The van der Waals surface area contributed by atoms with Gasteiger partial charge >= 0.3 is 5.97 Å². The summed E-state index contributed by atoms with van der Waals surface area (Å²) < 4.78 is 1.98. The van der Waals surface area contributed by atoms with Crippen molar-refractivity contribution in [3.8, 4) is 0 Å². The molecule has 0 spiro atoms. The van der Waals surface area contributed by atoms with E-state index >= 15 is 0 Å². The Balaban J connectivity index is 2.08. The van der Waals surface area contributed by atoms with Crippen molar-refractivity contribution in [2.75, 3.05) is 29.7 Å². The smallest absolute Gasteiger partial charge is 0.326 e. The zero-order valence-electron chi connectivity index (χ0n) is 18.9. The zero-order valence-corrected chi connectivity index (χ0v) is 20.4. The molecule has 4 N–H and O–H groups in total. The van der Waals surface area contributed by atoms with Gasteiger partial charge in [0.1, 0.15) is 11.9 Å². The number of fused-ring (bicyclic) bond motifs is 1. The number of halogens is 2. The quantitative estimate of drug-likeness (QED) is 0.376. The molecule has 1 aromatic carbocycles. The lowest BCUT2D eigenvalue weighted by Crippen LogP contribution is -2.49. The van der Waals surface area contributed by atoms with Crippen LogP contribution in [0.4, 0.5) is 5.69 Å². The number of nitrogens with one attached hydrogen (secondary N) is 1. The Morgan fingerprint density at radius 1 is 1.25 bits per heavy atom. The van der Waals surface area contributed by atoms with Crippen LogP contribution in [-0.2, 0) is 23.1 Å². The number of hydrogen-bond acceptors (Lipinski definition) is 5. The number of rotatable bonds is 13. The molecular weight excluding hydrogens is 453 g/mol. The molecule has 178 valence electrons. The molecule has 0 fully saturated rings. The Morgan fingerprint density at radius 2 is 1.91 bits per heavy atom. The van der Waals surface area contributed by atoms with Crippen molar-refractivity contribution in [2.45, 2.75) is 45.2 Å². The van der Waals surface area contributed by atoms with E-state index in [4.69, 9.17) is 33.9 Å². The molecule has 32 heavy (non-hydrogen) atoms. The van der Waals surface area contributed by atoms with E-state index < -0.39 is 24.0 Å². The first kappa shape index (κ1) is 26.2. The van der Waals surface area contributed by atoms with E-state index in [-0.39, 0.29) is 5.92 Å². The fourth-order valence-electron chi connectivity index (χ4n) is 3.62. The largest absolute Gasteiger partial charge is 0.480 e. The standard InChI is InChI=1S/C22H33Cl2N5O3/c1-14(2)12-18(22(31)32)27-21(30)16(25)5-7-20-26-17-13-15(4-6-19(17)28(20)3)29(10-8-23)11-9-24/h4,6,13-14,16,18H,5,7-12,25H2,1-3H3,(H,27,30)(H,31,32). The number of nitrogens with two attached hydrogens (primary N) is 1. The molecule has 0 aliphatic heterocycles. The number of hydrogen-bond donors (Lipinski definition) is 3. The van der Waals surface area contributed by atoms with Gasteiger partial charge in [-0.1, -0.05) is 13.8 Å². The van der Waals surface area contributed by atoms with E-state index in [0.717, 1.165) is 22.5 Å². The maximum atomic E-state index is 12.4. The number of carboxylic acids is 1. The molecule has 10 heteroatoms. The van der Waals surface area contributed by atoms with Crippen LogP contribution in [0.2, 0.25) is 0 Å². The number of alkyl halides is 2. The van der Waals surface area contributed by atoms with Crippen LogP contribution < -0.4 is 16.0 Å². The van der Waals surface area contributed by atoms with Crippen LogP contribution in [0.25, 0.3) is 11.0 Å². The number of anilines is 1. The molecule has 2 aromatic rings. The molecule has 0 aliphatic carbocycles. The van der Waals surface area contributed by atoms with Crippen molar-refractivity contribution in [2.24, 2.45) is 18.7 Å². The Kier molecular flexibility index (Phi) is 10.1. The van der Waals surface area contributed by atoms with Gasteiger partial charge in [-0.05, 0) is 37.0 Å². The average molecular weight is 486 g/mol. The maximum Gasteiger partial charge on any atom is 0.326 e. The van der Waals surface area contributed by atoms with Crippen molar-refractivity contribution in [3.63, 3.8) is 0 Å². The van der Waals surface area contributed by atoms with E-state index in [9.17, 15) is 14.7 Å². The van der Waals surface area contributed by atoms with Gasteiger partial charge in [-0.25, -0.2) is 9.78 Å². The van der Waals surface area contributed by atoms with Crippen LogP contribution in [0.5, 0.6) is 0 Å². The third-order valence-corrected chi connectivity index (χ3v) is 5.71. The molecule has 1 amide bonds. The number of aromatic nitrogens is 2. The number of benzene rings is 1. The lowest BCUT2D eigenvalue weighted by Gasteiger charge is -2.22. The fraction of sp³-hybridized carbons (Fsp3) is 0.591. The van der Waals surface area contributed by atoms with Gasteiger partial charge in [0.25, 0.3) is 0 Å². The summed E-state index contributed by atoms with van der Waals surface area (Å²) in [5.74, 6) is 0.436. The minimum atomic E-state index is -1.05. The summed E-state index contributed by atoms with van der Waals surface area (Å²) in [5.41, 5.74) is 8.87. The second kappa shape index (κ2) is 12.3. The van der Waals surface area contributed by atoms with Crippen LogP contribution in [0.3, 0.4) is 0 Å². The highest BCUT2D eigenvalue weighted by atomic mass is 35.5. The molecule has 1 heterocycles. The molecule has 0 saturated carbocycles. The van der Waals surface area contributed by atoms with E-state index in [2.05, 4.69) is 10.2 Å². The van der Waals surface area contributed by atoms with Crippen LogP contribution >= 0.6 is 23.2 Å². The summed E-state index contributed by atoms with van der Waals surface area (Å²) in [6.07, 6.45) is 1.20. The maximum absolute atomic E-state index is 12.4. The third-order valence-electron chi connectivity index (χ3n) is 5.37. The summed E-state index contributed by atoms with van der Waals surface area (Å²) in [6, 6.07) is 4.28. The second-order valence-electron chi connectivity index (χ2n) is 8.30. The van der Waals surface area contributed by atoms with E-state index in [0.29, 0.717) is 44.1 Å². The number of carboxylic acid groups (broad SMARTS) is 1. The van der Waals surface area contributed by atoms with Crippen LogP contribution in [0.15, 0.2) is 18.2 Å². The molecule has 8 nitrogen and oxygen atoms in total. The predicted molar refractivity (Wildman–Crippen MR) is 130 cm³/mol. The molecule has 0 aliphatic rings. The lowest BCUT2D eigenvalue weighted by molar-refractivity contribution is -0.142. The Labute approximate surface area is 199 Å². The summed E-state index contributed by atoms with van der Waals surface area (Å²) >= 11 is 11.8. The van der Waals surface area contributed by atoms with Gasteiger partial charge in [0.15, 0.2) is 0 Å². The molecule has 2 atom stereocenters. The highest BCUT2D eigenvalue weighted by molar-refractivity contribution is 6.18. The molecule has 2 unspecified atom stereocenters. The number of carbonyl (C=O) groups is 2. The molecule has 1 aromatic heterocycles. The highest BCUT2D eigenvalue weighted by Gasteiger charge is 2.24. The van der Waals surface area contributed by atoms with Crippen LogP contribution in [0, 0.1) is 5.92 Å². The normalized spacial score (nSPS) is 13.3. The molecule has 0 saturated heterocycles. The number of aliphatic carboxylic acids is 1. The fourth-order valence-corrected chi connectivity index (χ4v) is 4.03. The molecule has 0 radical (unpaired) electrons. The Bertz CT molecular complexity index is 912. The third kappa shape index (κ3) is 6.98. The topological polar surface area (TPSA) is 113 Å². The number of aryl methyl sites for hydroxylation is 2. The molecule has 0 bridgehead atoms. The number of nitrogens with zero attached hydrogens (tertiary/aromatic N) is 3. The van der Waals surface area contributed by atoms with Gasteiger partial charge in [-0.15, -0.1) is 23.2 Å². The van der Waals surface area contributed by atoms with Crippen molar-refractivity contribution >= 4 is 51.8 Å². The minimum Gasteiger partial charge on any atom is -0.480 e. The highest BCUT2D eigenvalue weighted by Crippen LogP contribution is 2.23. The first-order valence-electron chi connectivity index (χ1n) is 10.8. The Hall–Kier alpha value is -2.03. The number of imidazole rings is 1. The number of carbonyl (C=O) groups excluding carboxylic acids is 1. The lowest BCUT2D eigenvalue weighted by atomic mass is 10.0. The zero-order chi connectivity index (χ0) is 23.8. The summed E-state index contributed by atoms with van der Waals surface area (Å²) in [6.45, 7) is 5.20. The Morgan fingerprint density at radius 3 is 2.47 bits per heavy atom. The first-order valence-corrected chi connectivity index (χ1v) is 11.9. The van der Waals surface area contributed by atoms with Gasteiger partial charge in [-0.3, -0.25) is 4.79 Å². The SMILES string of the molecule is CC(C)CC(NC(=O)C(N)CCc1nc2cc(N(CCCl)CCCl)ccc2n1C)C(=O)O. The summed E-state index contributed by atoms with van der Waals surface area (Å²) in [4.78, 5) is 30.6. The summed E-state index contributed by atoms with van der Waals surface area (Å²) in [7, 11) is 1.92. The number of amides is 1. The predicted octanol–water partition coefficient (Wildman–Crippen LogP) is 2.73. The van der Waals surface area contributed by atoms with Crippen molar-refractivity contribution in [1.82, 2.24) is 14.9 Å². The average Bonchev–Trinajstić information content (AvgIpc) is 3.05. The molecular formula is C22H33Cl2N5O3. The molecule has 2 rings (SSSR count). The van der Waals surface area contributed by atoms with Crippen LogP contribution in [0.1, 0.15) is 32.5 Å². The second-order valence-corrected chi connectivity index (χ2v) is 9.06. The van der Waals surface area contributed by atoms with Gasteiger partial charge in [0.05, 0.1) is 17.1 Å². The van der Waals surface area contributed by atoms with Crippen molar-refractivity contribution in [1.29, 1.82) is 0 Å². The van der Waals surface area contributed by atoms with E-state index in [1.165, 1.54) is 0 Å². The summed E-state index contributed by atoms with van der Waals surface area (Å²) in [5, 5.41) is 11.9. The van der Waals surface area contributed by atoms with Gasteiger partial charge in [0, 0.05) is 44.0 Å². The van der Waals surface area contributed by atoms with Gasteiger partial charge in [0.2, 0.25) is 5.91 Å². The monoisotopic (exact) mass is 485 g/mol. The van der Waals surface area contributed by atoms with Crippen molar-refractivity contribution < 1.29 is 14.7 Å². The van der Waals surface area contributed by atoms with Gasteiger partial charge in [-0.2, -0.15) is 0 Å². The van der Waals surface area contributed by atoms with Crippen LogP contribution in [-0.4, -0.2) is 63.5 Å². The van der Waals surface area contributed by atoms with E-state index in [1.54, 1.807) is 0 Å². The minimum absolute atomic E-state index is 0.141. The van der Waals surface area contributed by atoms with Crippen molar-refractivity contribution in [3.05, 3.63) is 24.0 Å². The first-order chi connectivity index (χ1) is 15.2. The van der Waals surface area contributed by atoms with E-state index in [1.807, 2.05) is 43.7 Å².